The number of carbonyl (C=O) groups excluding carboxylic acids is 2. The summed E-state index contributed by atoms with van der Waals surface area (Å²) < 4.78 is 38.1. The van der Waals surface area contributed by atoms with Crippen molar-refractivity contribution in [1.29, 1.82) is 0 Å². The van der Waals surface area contributed by atoms with Crippen molar-refractivity contribution in [2.24, 2.45) is 0 Å². The highest BCUT2D eigenvalue weighted by Gasteiger charge is 2.31. The molecule has 2 aliphatic rings. The van der Waals surface area contributed by atoms with E-state index in [9.17, 15) is 22.8 Å². The third-order valence-corrected chi connectivity index (χ3v) is 9.37. The lowest BCUT2D eigenvalue weighted by molar-refractivity contribution is -0.137. The molecule has 0 saturated carbocycles. The van der Waals surface area contributed by atoms with Crippen LogP contribution >= 0.6 is 15.9 Å². The lowest BCUT2D eigenvalue weighted by Crippen LogP contribution is -2.33. The van der Waals surface area contributed by atoms with E-state index in [4.69, 9.17) is 6.42 Å². The number of hydrogen-bond donors (Lipinski definition) is 1. The average molecular weight is 1290 g/mol. The lowest BCUT2D eigenvalue weighted by Gasteiger charge is -2.26. The van der Waals surface area contributed by atoms with Gasteiger partial charge in [-0.2, -0.15) is 20.1 Å². The first-order valence-electron chi connectivity index (χ1n) is 26.2. The lowest BCUT2D eigenvalue weighted by atomic mass is 10.1. The van der Waals surface area contributed by atoms with E-state index in [1.54, 1.807) is 0 Å². The second kappa shape index (κ2) is 60.9. The topological polar surface area (TPSA) is 49.4 Å². The first-order chi connectivity index (χ1) is 47.7. The second-order valence-corrected chi connectivity index (χ2v) is 16.0. The molecule has 0 atom stereocenters. The maximum atomic E-state index is 12.5. The Morgan fingerprint density at radius 3 is 0.732 bits per heavy atom. The summed E-state index contributed by atoms with van der Waals surface area (Å²) in [6, 6.07) is 3.68. The van der Waals surface area contributed by atoms with Gasteiger partial charge >= 0.3 is 6.18 Å². The Bertz CT molecular complexity index is 5780. The van der Waals surface area contributed by atoms with Gasteiger partial charge in [0.15, 0.2) is 0 Å². The van der Waals surface area contributed by atoms with Crippen LogP contribution in [-0.4, -0.2) is 42.6 Å². The summed E-state index contributed by atoms with van der Waals surface area (Å²) in [7, 11) is 0. The number of halogens is 4. The fourth-order valence-electron chi connectivity index (χ4n) is 4.87. The summed E-state index contributed by atoms with van der Waals surface area (Å²) in [6.45, 7) is 7.00. The fourth-order valence-corrected chi connectivity index (χ4v) is 5.37. The highest BCUT2D eigenvalue weighted by Crippen LogP contribution is 2.32. The van der Waals surface area contributed by atoms with Crippen molar-refractivity contribution >= 4 is 27.5 Å². The van der Waals surface area contributed by atoms with E-state index >= 15 is 0 Å². The van der Waals surface area contributed by atoms with Gasteiger partial charge in [0.1, 0.15) is 11.6 Å². The van der Waals surface area contributed by atoms with Gasteiger partial charge < -0.3 is 5.32 Å². The van der Waals surface area contributed by atoms with Gasteiger partial charge in [0, 0.05) is 359 Å². The number of alkyl halides is 3. The maximum Gasteiger partial charge on any atom is 0.416 e. The number of nitrogens with zero attached hydrogens (tertiary/aromatic N) is 1. The Kier molecular flexibility index (Phi) is 49.1. The molecule has 2 heterocycles. The van der Waals surface area contributed by atoms with Gasteiger partial charge in [0.05, 0.1) is 5.56 Å². The van der Waals surface area contributed by atoms with Gasteiger partial charge in [-0.15, -0.1) is 12.3 Å². The number of benzene rings is 1. The van der Waals surface area contributed by atoms with Crippen LogP contribution in [0.3, 0.4) is 0 Å². The van der Waals surface area contributed by atoms with Gasteiger partial charge in [-0.1, -0.05) is 22.0 Å². The molecule has 2 fully saturated rings. The Morgan fingerprint density at radius 1 is 0.351 bits per heavy atom. The molecule has 4 nitrogen and oxygen atoms in total. The molecule has 1 aromatic rings. The SMILES string of the molecule is C#CC#CC#CC#CC#CC#CC#CC#CC#CC#CC#CC#CC#CC#CC#CC#CC#CC#CC#CC#CC#CC#CC#CC#CC#CC#CC#CC#CC#CC#CC#CC#CC#CC#CC#C[CH2-].O=C1CCN(Cc2ccc(C(F)(F)F)cc2Br)CC1.O=C1CCNCC1. The van der Waals surface area contributed by atoms with Crippen LogP contribution in [0.15, 0.2) is 22.7 Å². The smallest absolute Gasteiger partial charge is 0.316 e. The van der Waals surface area contributed by atoms with Crippen molar-refractivity contribution in [3.63, 3.8) is 0 Å². The molecular weight excluding hydrogens is 1270 g/mol. The fraction of sp³-hybridized carbons (Fsp3) is 0.112. The molecule has 1 aromatic carbocycles. The summed E-state index contributed by atoms with van der Waals surface area (Å²) in [6.07, 6.45) is 3.15. The zero-order valence-corrected chi connectivity index (χ0v) is 51.7. The number of piperidine rings is 2. The van der Waals surface area contributed by atoms with Gasteiger partial charge in [-0.25, -0.2) is 5.92 Å². The number of carbonyl (C=O) groups is 2. The van der Waals surface area contributed by atoms with Crippen LogP contribution in [-0.2, 0) is 22.3 Å². The molecule has 1 N–H and O–H groups in total. The quantitative estimate of drug-likeness (QED) is 0.358. The Balaban J connectivity index is 0.00000147. The molecule has 0 amide bonds. The number of ketones is 2. The zero-order chi connectivity index (χ0) is 69.9. The monoisotopic (exact) mass is 1290 g/mol. The van der Waals surface area contributed by atoms with Crippen LogP contribution in [0.2, 0.25) is 0 Å². The Labute approximate surface area is 577 Å². The molecule has 0 aliphatic carbocycles. The standard InChI is InChI=1S/C71H3.C13H13BrF3NO.C5H9NO/c1-3-5-7-9-11-13-15-17-19-21-23-25-27-29-31-33-35-37-39-41-43-45-47-49-51-53-55-57-59-61-63-65-67-69-71-70-68-66-64-62-60-58-56-54-52-50-48-46-44-42-40-38-36-34-32-30-28-26-24-22-20-18-16-14-12-10-8-6-4-2;14-12-7-10(13(15,16)17)2-1-9(12)8-18-5-3-11(19)4-6-18;7-5-1-3-6-4-2-5/h1H,2H2;1-2,7H,3-6,8H2;6H,1-4H2/q-1;;. The Hall–Kier alpha value is -16.8. The summed E-state index contributed by atoms with van der Waals surface area (Å²) in [5.41, 5.74) is 0.152. The van der Waals surface area contributed by atoms with Crippen LogP contribution < -0.4 is 5.32 Å². The van der Waals surface area contributed by atoms with Crippen LogP contribution in [0, 0.1) is 422 Å². The number of rotatable bonds is 2. The molecule has 8 heteroatoms. The Morgan fingerprint density at radius 2 is 0.557 bits per heavy atom. The van der Waals surface area contributed by atoms with Crippen molar-refractivity contribution in [1.82, 2.24) is 10.2 Å². The van der Waals surface area contributed by atoms with Gasteiger partial charge in [0.25, 0.3) is 0 Å². The second-order valence-electron chi connectivity index (χ2n) is 15.1. The molecule has 0 unspecified atom stereocenters. The minimum absolute atomic E-state index is 0.253. The molecule has 0 aromatic heterocycles. The van der Waals surface area contributed by atoms with Crippen LogP contribution in [0.5, 0.6) is 0 Å². The summed E-state index contributed by atoms with van der Waals surface area (Å²) >= 11 is 3.18. The maximum absolute atomic E-state index is 12.5. The molecule has 0 spiro atoms. The van der Waals surface area contributed by atoms with Crippen LogP contribution in [0.25, 0.3) is 0 Å². The number of Topliss-reactive ketones (excluding diaryl/α,β-unsaturated/α-hetero) is 2. The first kappa shape index (κ1) is 78.2. The average Bonchev–Trinajstić information content (AvgIpc) is 0.892. The molecular formula is C89H25BrF3N2O2-. The van der Waals surface area contributed by atoms with E-state index in [0.717, 1.165) is 43.6 Å². The normalized spacial score (nSPS) is 7.99. The number of likely N-dealkylation sites (tertiary alicyclic amines) is 1. The van der Waals surface area contributed by atoms with Gasteiger partial charge in [-0.05, 0) is 112 Å². The van der Waals surface area contributed by atoms with E-state index in [2.05, 4.69) is 442 Å². The first-order valence-corrected chi connectivity index (χ1v) is 27.0. The minimum Gasteiger partial charge on any atom is -0.316 e. The molecule has 2 aliphatic heterocycles. The van der Waals surface area contributed by atoms with Crippen LogP contribution in [0.1, 0.15) is 36.8 Å². The van der Waals surface area contributed by atoms with E-state index in [0.29, 0.717) is 42.7 Å². The molecule has 3 rings (SSSR count). The minimum atomic E-state index is -4.32. The van der Waals surface area contributed by atoms with Gasteiger partial charge in [-0.3, -0.25) is 20.4 Å². The van der Waals surface area contributed by atoms with Crippen molar-refractivity contribution in [2.45, 2.75) is 38.4 Å². The van der Waals surface area contributed by atoms with Crippen LogP contribution in [0.4, 0.5) is 13.2 Å². The zero-order valence-electron chi connectivity index (χ0n) is 50.2. The number of nitrogens with one attached hydrogen (secondary N) is 1. The molecule has 2 saturated heterocycles. The van der Waals surface area contributed by atoms with E-state index in [1.807, 2.05) is 0 Å². The summed E-state index contributed by atoms with van der Waals surface area (Å²) in [4.78, 5) is 23.6. The third-order valence-electron chi connectivity index (χ3n) is 8.63. The van der Waals surface area contributed by atoms with E-state index in [1.165, 1.54) is 6.07 Å². The van der Waals surface area contributed by atoms with Crippen molar-refractivity contribution in [3.05, 3.63) is 40.7 Å². The highest BCUT2D eigenvalue weighted by molar-refractivity contribution is 9.10. The van der Waals surface area contributed by atoms with Crippen molar-refractivity contribution in [2.75, 3.05) is 26.2 Å². The molecule has 0 radical (unpaired) electrons. The van der Waals surface area contributed by atoms with E-state index in [-0.39, 0.29) is 5.78 Å². The van der Waals surface area contributed by atoms with E-state index < -0.39 is 11.7 Å². The van der Waals surface area contributed by atoms with Gasteiger partial charge in [0.2, 0.25) is 0 Å². The molecule has 432 valence electrons. The third kappa shape index (κ3) is 55.5. The highest BCUT2D eigenvalue weighted by atomic mass is 79.9. The van der Waals surface area contributed by atoms with Crippen molar-refractivity contribution < 1.29 is 22.8 Å². The summed E-state index contributed by atoms with van der Waals surface area (Å²) in [5.74, 6) is 172. The summed E-state index contributed by atoms with van der Waals surface area (Å²) in [5, 5.41) is 3.09. The number of hydrogen-bond acceptors (Lipinski definition) is 4. The predicted molar refractivity (Wildman–Crippen MR) is 374 cm³/mol. The molecule has 0 bridgehead atoms. The molecule has 97 heavy (non-hydrogen) atoms. The predicted octanol–water partition coefficient (Wildman–Crippen LogP) is 4.14. The van der Waals surface area contributed by atoms with Crippen molar-refractivity contribution in [3.8, 4) is 415 Å². The largest absolute Gasteiger partial charge is 0.416 e. The number of terminal acetylenes is 1.